The zero-order valence-electron chi connectivity index (χ0n) is 20.3. The number of unbranched alkanes of at least 4 members (excludes halogenated alkanes) is 2. The van der Waals surface area contributed by atoms with Gasteiger partial charge in [0.2, 0.25) is 5.91 Å². The molecule has 0 aliphatic rings. The Bertz CT molecular complexity index is 842. The first-order valence-corrected chi connectivity index (χ1v) is 11.6. The van der Waals surface area contributed by atoms with E-state index in [2.05, 4.69) is 6.92 Å². The molecule has 176 valence electrons. The molecular weight excluding hydrogens is 402 g/mol. The average Bonchev–Trinajstić information content (AvgIpc) is 3.19. The van der Waals surface area contributed by atoms with Crippen molar-refractivity contribution in [3.8, 4) is 0 Å². The molecule has 0 saturated carbocycles. The fourth-order valence-electron chi connectivity index (χ4n) is 3.64. The third-order valence-electron chi connectivity index (χ3n) is 5.78. The summed E-state index contributed by atoms with van der Waals surface area (Å²) in [7, 11) is 3.59. The quantitative estimate of drug-likeness (QED) is 0.436. The molecule has 0 N–H and O–H groups in total. The van der Waals surface area contributed by atoms with Crippen LogP contribution in [0.5, 0.6) is 0 Å². The largest absolute Gasteiger partial charge is 0.383 e. The van der Waals surface area contributed by atoms with Crippen LogP contribution in [-0.2, 0) is 29.5 Å². The number of methoxy groups -OCH3 is 1. The molecule has 0 aliphatic heterocycles. The molecule has 0 bridgehead atoms. The molecule has 1 heterocycles. The minimum Gasteiger partial charge on any atom is -0.383 e. The van der Waals surface area contributed by atoms with E-state index in [4.69, 9.17) is 4.74 Å². The first-order valence-electron chi connectivity index (χ1n) is 11.6. The van der Waals surface area contributed by atoms with Gasteiger partial charge in [-0.1, -0.05) is 31.9 Å². The lowest BCUT2D eigenvalue weighted by Gasteiger charge is -2.30. The first-order chi connectivity index (χ1) is 15.4. The lowest BCUT2D eigenvalue weighted by atomic mass is 10.0. The second-order valence-electron chi connectivity index (χ2n) is 8.60. The van der Waals surface area contributed by atoms with E-state index in [1.54, 1.807) is 16.9 Å². The van der Waals surface area contributed by atoms with E-state index in [0.29, 0.717) is 25.3 Å². The molecule has 32 heavy (non-hydrogen) atoms. The Labute approximate surface area is 193 Å². The molecule has 1 aromatic heterocycles. The summed E-state index contributed by atoms with van der Waals surface area (Å²) >= 11 is 0. The lowest BCUT2D eigenvalue weighted by Crippen LogP contribution is -2.46. The number of amides is 2. The van der Waals surface area contributed by atoms with Crippen LogP contribution in [0.1, 0.15) is 61.6 Å². The number of carbonyl (C=O) groups excluding carboxylic acids is 2. The van der Waals surface area contributed by atoms with Gasteiger partial charge in [0.15, 0.2) is 0 Å². The number of nitrogens with zero attached hydrogens (tertiary/aromatic N) is 3. The van der Waals surface area contributed by atoms with E-state index in [1.165, 1.54) is 18.4 Å². The van der Waals surface area contributed by atoms with Crippen molar-refractivity contribution in [1.82, 2.24) is 14.4 Å². The SMILES string of the molecule is CCCCCc1ccc(C(=O)N(CC(=O)N(CCOC)Cc2cccn2C)C(C)C)cc1. The molecule has 0 saturated heterocycles. The number of aromatic nitrogens is 1. The van der Waals surface area contributed by atoms with Crippen molar-refractivity contribution in [3.05, 3.63) is 59.4 Å². The number of rotatable bonds is 13. The van der Waals surface area contributed by atoms with Crippen LogP contribution in [-0.4, -0.2) is 59.0 Å². The van der Waals surface area contributed by atoms with Gasteiger partial charge in [0.05, 0.1) is 13.2 Å². The molecule has 0 atom stereocenters. The van der Waals surface area contributed by atoms with Crippen molar-refractivity contribution < 1.29 is 14.3 Å². The topological polar surface area (TPSA) is 54.8 Å². The van der Waals surface area contributed by atoms with Crippen LogP contribution in [0.25, 0.3) is 0 Å². The van der Waals surface area contributed by atoms with Gasteiger partial charge in [-0.3, -0.25) is 9.59 Å². The molecule has 0 radical (unpaired) electrons. The number of hydrogen-bond acceptors (Lipinski definition) is 3. The first kappa shape index (κ1) is 25.7. The molecule has 2 aromatic rings. The van der Waals surface area contributed by atoms with E-state index >= 15 is 0 Å². The summed E-state index contributed by atoms with van der Waals surface area (Å²) in [6.45, 7) is 7.54. The van der Waals surface area contributed by atoms with E-state index in [9.17, 15) is 9.59 Å². The van der Waals surface area contributed by atoms with Crippen LogP contribution in [0.15, 0.2) is 42.6 Å². The predicted molar refractivity (Wildman–Crippen MR) is 129 cm³/mol. The highest BCUT2D eigenvalue weighted by Crippen LogP contribution is 2.14. The normalized spacial score (nSPS) is 11.1. The van der Waals surface area contributed by atoms with Crippen LogP contribution in [0.4, 0.5) is 0 Å². The van der Waals surface area contributed by atoms with Gasteiger partial charge in [0.25, 0.3) is 5.91 Å². The summed E-state index contributed by atoms with van der Waals surface area (Å²) in [5.41, 5.74) is 2.91. The molecule has 0 fully saturated rings. The maximum Gasteiger partial charge on any atom is 0.254 e. The Morgan fingerprint density at radius 1 is 1.09 bits per heavy atom. The van der Waals surface area contributed by atoms with Crippen molar-refractivity contribution in [3.63, 3.8) is 0 Å². The lowest BCUT2D eigenvalue weighted by molar-refractivity contribution is -0.133. The summed E-state index contributed by atoms with van der Waals surface area (Å²) in [4.78, 5) is 29.8. The van der Waals surface area contributed by atoms with Gasteiger partial charge in [0.1, 0.15) is 6.54 Å². The molecule has 6 nitrogen and oxygen atoms in total. The van der Waals surface area contributed by atoms with E-state index < -0.39 is 0 Å². The van der Waals surface area contributed by atoms with Crippen molar-refractivity contribution >= 4 is 11.8 Å². The van der Waals surface area contributed by atoms with E-state index in [1.807, 2.05) is 68.1 Å². The molecule has 0 unspecified atom stereocenters. The molecule has 0 aliphatic carbocycles. The monoisotopic (exact) mass is 441 g/mol. The molecule has 0 spiro atoms. The maximum absolute atomic E-state index is 13.2. The van der Waals surface area contributed by atoms with E-state index in [0.717, 1.165) is 18.5 Å². The maximum atomic E-state index is 13.2. The molecule has 2 amide bonds. The van der Waals surface area contributed by atoms with Gasteiger partial charge < -0.3 is 19.1 Å². The number of benzene rings is 1. The van der Waals surface area contributed by atoms with Crippen molar-refractivity contribution in [1.29, 1.82) is 0 Å². The second kappa shape index (κ2) is 13.1. The zero-order valence-corrected chi connectivity index (χ0v) is 20.3. The van der Waals surface area contributed by atoms with Crippen LogP contribution >= 0.6 is 0 Å². The fourth-order valence-corrected chi connectivity index (χ4v) is 3.64. The number of carbonyl (C=O) groups is 2. The number of ether oxygens (including phenoxy) is 1. The Hall–Kier alpha value is -2.60. The zero-order chi connectivity index (χ0) is 23.5. The van der Waals surface area contributed by atoms with Gasteiger partial charge >= 0.3 is 0 Å². The summed E-state index contributed by atoms with van der Waals surface area (Å²) in [6.07, 6.45) is 6.56. The van der Waals surface area contributed by atoms with Crippen molar-refractivity contribution in [2.75, 3.05) is 26.8 Å². The Morgan fingerprint density at radius 3 is 2.38 bits per heavy atom. The highest BCUT2D eigenvalue weighted by Gasteiger charge is 2.25. The highest BCUT2D eigenvalue weighted by molar-refractivity contribution is 5.96. The van der Waals surface area contributed by atoms with Gasteiger partial charge in [-0.2, -0.15) is 0 Å². The summed E-state index contributed by atoms with van der Waals surface area (Å²) in [5, 5.41) is 0. The van der Waals surface area contributed by atoms with Gasteiger partial charge in [-0.05, 0) is 56.5 Å². The summed E-state index contributed by atoms with van der Waals surface area (Å²) < 4.78 is 7.21. The third kappa shape index (κ3) is 7.52. The van der Waals surface area contributed by atoms with Gasteiger partial charge in [-0.15, -0.1) is 0 Å². The minimum absolute atomic E-state index is 0.0445. The number of aryl methyl sites for hydroxylation is 2. The Balaban J connectivity index is 2.09. The highest BCUT2D eigenvalue weighted by atomic mass is 16.5. The Morgan fingerprint density at radius 2 is 1.81 bits per heavy atom. The van der Waals surface area contributed by atoms with Crippen molar-refractivity contribution in [2.45, 2.75) is 59.0 Å². The van der Waals surface area contributed by atoms with Crippen LogP contribution in [0.3, 0.4) is 0 Å². The fraction of sp³-hybridized carbons (Fsp3) is 0.538. The minimum atomic E-state index is -0.112. The summed E-state index contributed by atoms with van der Waals surface area (Å²) in [5.74, 6) is -0.194. The van der Waals surface area contributed by atoms with Crippen LogP contribution in [0.2, 0.25) is 0 Å². The number of hydrogen-bond donors (Lipinski definition) is 0. The Kier molecular flexibility index (Phi) is 10.5. The summed E-state index contributed by atoms with van der Waals surface area (Å²) in [6, 6.07) is 11.7. The predicted octanol–water partition coefficient (Wildman–Crippen LogP) is 4.28. The second-order valence-corrected chi connectivity index (χ2v) is 8.60. The van der Waals surface area contributed by atoms with Crippen LogP contribution < -0.4 is 0 Å². The van der Waals surface area contributed by atoms with Crippen LogP contribution in [0, 0.1) is 0 Å². The van der Waals surface area contributed by atoms with E-state index in [-0.39, 0.29) is 24.4 Å². The van der Waals surface area contributed by atoms with Gasteiger partial charge in [0, 0.05) is 44.2 Å². The third-order valence-corrected chi connectivity index (χ3v) is 5.78. The molecular formula is C26H39N3O3. The van der Waals surface area contributed by atoms with Gasteiger partial charge in [-0.25, -0.2) is 0 Å². The molecule has 6 heteroatoms. The standard InChI is InChI=1S/C26H39N3O3/c1-6-7-8-10-22-12-14-23(15-13-22)26(31)29(21(2)3)20-25(30)28(17-18-32-5)19-24-11-9-16-27(24)4/h9,11-16,21H,6-8,10,17-20H2,1-5H3. The average molecular weight is 442 g/mol. The smallest absolute Gasteiger partial charge is 0.254 e. The molecule has 1 aromatic carbocycles. The molecule has 2 rings (SSSR count). The van der Waals surface area contributed by atoms with Crippen molar-refractivity contribution in [2.24, 2.45) is 7.05 Å².